The van der Waals surface area contributed by atoms with Crippen LogP contribution in [0.5, 0.6) is 0 Å². The van der Waals surface area contributed by atoms with Crippen LogP contribution in [0.4, 0.5) is 4.79 Å². The summed E-state index contributed by atoms with van der Waals surface area (Å²) in [5, 5.41) is 9.40. The predicted molar refractivity (Wildman–Crippen MR) is 61.4 cm³/mol. The van der Waals surface area contributed by atoms with Crippen LogP contribution in [-0.2, 0) is 0 Å². The number of hydrogen-bond acceptors (Lipinski definition) is 2. The van der Waals surface area contributed by atoms with Crippen molar-refractivity contribution in [1.29, 1.82) is 0 Å². The molecule has 0 fully saturated rings. The molecule has 84 valence electrons. The SMILES string of the molecule is O=C(O)N1CC=C(c2ccc(Cl)cn2)CC1. The molecular weight excluding hydrogens is 228 g/mol. The van der Waals surface area contributed by atoms with Gasteiger partial charge in [-0.3, -0.25) is 4.98 Å². The van der Waals surface area contributed by atoms with Crippen molar-refractivity contribution in [2.75, 3.05) is 13.1 Å². The third-order valence-corrected chi connectivity index (χ3v) is 2.76. The molecule has 1 aliphatic heterocycles. The van der Waals surface area contributed by atoms with Crippen LogP contribution in [0, 0.1) is 0 Å². The van der Waals surface area contributed by atoms with Gasteiger partial charge in [-0.2, -0.15) is 0 Å². The van der Waals surface area contributed by atoms with Crippen molar-refractivity contribution in [3.8, 4) is 0 Å². The molecule has 5 heteroatoms. The molecule has 0 saturated heterocycles. The van der Waals surface area contributed by atoms with Gasteiger partial charge in [0.1, 0.15) is 0 Å². The van der Waals surface area contributed by atoms with E-state index in [2.05, 4.69) is 4.98 Å². The fourth-order valence-corrected chi connectivity index (χ4v) is 1.75. The van der Waals surface area contributed by atoms with Gasteiger partial charge in [-0.25, -0.2) is 4.79 Å². The number of nitrogens with zero attached hydrogens (tertiary/aromatic N) is 2. The molecule has 0 spiro atoms. The molecule has 2 rings (SSSR count). The second-order valence-corrected chi connectivity index (χ2v) is 4.01. The number of halogens is 1. The summed E-state index contributed by atoms with van der Waals surface area (Å²) in [7, 11) is 0. The lowest BCUT2D eigenvalue weighted by atomic mass is 10.0. The first-order valence-electron chi connectivity index (χ1n) is 4.95. The van der Waals surface area contributed by atoms with E-state index in [1.54, 1.807) is 12.3 Å². The standard InChI is InChI=1S/C11H11ClN2O2/c12-9-1-2-10(13-7-9)8-3-5-14(6-4-8)11(15)16/h1-3,7H,4-6H2,(H,15,16). The lowest BCUT2D eigenvalue weighted by Gasteiger charge is -2.23. The first-order chi connectivity index (χ1) is 7.66. The van der Waals surface area contributed by atoms with Crippen molar-refractivity contribution in [1.82, 2.24) is 9.88 Å². The molecule has 0 aromatic carbocycles. The number of carbonyl (C=O) groups is 1. The Labute approximate surface area is 98.2 Å². The highest BCUT2D eigenvalue weighted by Crippen LogP contribution is 2.21. The van der Waals surface area contributed by atoms with E-state index in [0.717, 1.165) is 11.3 Å². The number of rotatable bonds is 1. The van der Waals surface area contributed by atoms with Crippen molar-refractivity contribution in [3.63, 3.8) is 0 Å². The van der Waals surface area contributed by atoms with Gasteiger partial charge in [0.2, 0.25) is 0 Å². The van der Waals surface area contributed by atoms with Gasteiger partial charge < -0.3 is 10.0 Å². The Morgan fingerprint density at radius 1 is 1.50 bits per heavy atom. The average molecular weight is 239 g/mol. The quantitative estimate of drug-likeness (QED) is 0.818. The summed E-state index contributed by atoms with van der Waals surface area (Å²) in [6.07, 6.45) is 3.31. The maximum absolute atomic E-state index is 10.7. The van der Waals surface area contributed by atoms with Crippen LogP contribution in [0.1, 0.15) is 12.1 Å². The van der Waals surface area contributed by atoms with E-state index in [1.165, 1.54) is 4.90 Å². The summed E-state index contributed by atoms with van der Waals surface area (Å²) >= 11 is 5.75. The summed E-state index contributed by atoms with van der Waals surface area (Å²) in [6.45, 7) is 0.945. The Morgan fingerprint density at radius 3 is 2.81 bits per heavy atom. The highest BCUT2D eigenvalue weighted by Gasteiger charge is 2.16. The summed E-state index contributed by atoms with van der Waals surface area (Å²) in [5.74, 6) is 0. The molecule has 1 aliphatic rings. The van der Waals surface area contributed by atoms with Crippen molar-refractivity contribution >= 4 is 23.3 Å². The molecule has 0 saturated carbocycles. The van der Waals surface area contributed by atoms with Crippen molar-refractivity contribution in [3.05, 3.63) is 35.1 Å². The fraction of sp³-hybridized carbons (Fsp3) is 0.273. The van der Waals surface area contributed by atoms with E-state index < -0.39 is 6.09 Å². The van der Waals surface area contributed by atoms with Crippen molar-refractivity contribution in [2.45, 2.75) is 6.42 Å². The Hall–Kier alpha value is -1.55. The molecule has 4 nitrogen and oxygen atoms in total. The van der Waals surface area contributed by atoms with Gasteiger partial charge >= 0.3 is 6.09 Å². The molecule has 0 atom stereocenters. The zero-order valence-electron chi connectivity index (χ0n) is 8.56. The Morgan fingerprint density at radius 2 is 2.31 bits per heavy atom. The van der Waals surface area contributed by atoms with Crippen LogP contribution >= 0.6 is 11.6 Å². The highest BCUT2D eigenvalue weighted by atomic mass is 35.5. The van der Waals surface area contributed by atoms with Crippen LogP contribution < -0.4 is 0 Å². The molecule has 2 heterocycles. The fourth-order valence-electron chi connectivity index (χ4n) is 1.64. The molecule has 1 aromatic rings. The smallest absolute Gasteiger partial charge is 0.407 e. The van der Waals surface area contributed by atoms with E-state index in [1.807, 2.05) is 12.1 Å². The second-order valence-electron chi connectivity index (χ2n) is 3.57. The lowest BCUT2D eigenvalue weighted by molar-refractivity contribution is 0.150. The number of hydrogen-bond donors (Lipinski definition) is 1. The minimum Gasteiger partial charge on any atom is -0.465 e. The molecule has 16 heavy (non-hydrogen) atoms. The molecule has 1 aromatic heterocycles. The Balaban J connectivity index is 2.13. The van der Waals surface area contributed by atoms with Crippen molar-refractivity contribution < 1.29 is 9.90 Å². The summed E-state index contributed by atoms with van der Waals surface area (Å²) < 4.78 is 0. The maximum atomic E-state index is 10.7. The van der Waals surface area contributed by atoms with Crippen LogP contribution in [0.15, 0.2) is 24.4 Å². The lowest BCUT2D eigenvalue weighted by Crippen LogP contribution is -2.33. The number of pyridine rings is 1. The second kappa shape index (κ2) is 4.53. The Bertz CT molecular complexity index is 428. The summed E-state index contributed by atoms with van der Waals surface area (Å²) in [5.41, 5.74) is 1.95. The van der Waals surface area contributed by atoms with Crippen LogP contribution in [0.2, 0.25) is 5.02 Å². The molecule has 0 radical (unpaired) electrons. The van der Waals surface area contributed by atoms with Gasteiger partial charge in [0.25, 0.3) is 0 Å². The molecule has 0 bridgehead atoms. The van der Waals surface area contributed by atoms with E-state index in [-0.39, 0.29) is 0 Å². The van der Waals surface area contributed by atoms with Crippen LogP contribution in [0.25, 0.3) is 5.57 Å². The third kappa shape index (κ3) is 2.33. The van der Waals surface area contributed by atoms with Gasteiger partial charge in [0.15, 0.2) is 0 Å². The first-order valence-corrected chi connectivity index (χ1v) is 5.33. The normalized spacial score (nSPS) is 15.8. The van der Waals surface area contributed by atoms with Crippen LogP contribution in [-0.4, -0.2) is 34.2 Å². The highest BCUT2D eigenvalue weighted by molar-refractivity contribution is 6.30. The number of carboxylic acid groups (broad SMARTS) is 1. The molecule has 0 aliphatic carbocycles. The topological polar surface area (TPSA) is 53.4 Å². The maximum Gasteiger partial charge on any atom is 0.407 e. The monoisotopic (exact) mass is 238 g/mol. The van der Waals surface area contributed by atoms with Gasteiger partial charge in [-0.15, -0.1) is 0 Å². The zero-order chi connectivity index (χ0) is 11.5. The van der Waals surface area contributed by atoms with E-state index in [0.29, 0.717) is 24.5 Å². The third-order valence-electron chi connectivity index (χ3n) is 2.54. The van der Waals surface area contributed by atoms with E-state index in [4.69, 9.17) is 16.7 Å². The largest absolute Gasteiger partial charge is 0.465 e. The summed E-state index contributed by atoms with van der Waals surface area (Å²) in [6, 6.07) is 3.64. The van der Waals surface area contributed by atoms with E-state index in [9.17, 15) is 4.79 Å². The van der Waals surface area contributed by atoms with Gasteiger partial charge in [-0.05, 0) is 24.1 Å². The Kier molecular flexibility index (Phi) is 3.10. The number of amides is 1. The predicted octanol–water partition coefficient (Wildman–Crippen LogP) is 2.50. The van der Waals surface area contributed by atoms with Gasteiger partial charge in [0.05, 0.1) is 10.7 Å². The molecule has 1 amide bonds. The van der Waals surface area contributed by atoms with Crippen molar-refractivity contribution in [2.24, 2.45) is 0 Å². The minimum absolute atomic E-state index is 0.426. The molecular formula is C11H11ClN2O2. The minimum atomic E-state index is -0.876. The van der Waals surface area contributed by atoms with Gasteiger partial charge in [-0.1, -0.05) is 17.7 Å². The summed E-state index contributed by atoms with van der Waals surface area (Å²) in [4.78, 5) is 16.3. The first kappa shape index (κ1) is 11.0. The van der Waals surface area contributed by atoms with Gasteiger partial charge in [0, 0.05) is 19.3 Å². The number of aromatic nitrogens is 1. The van der Waals surface area contributed by atoms with Crippen LogP contribution in [0.3, 0.4) is 0 Å². The zero-order valence-corrected chi connectivity index (χ0v) is 9.31. The molecule has 1 N–H and O–H groups in total. The average Bonchev–Trinajstić information content (AvgIpc) is 2.30. The van der Waals surface area contributed by atoms with E-state index >= 15 is 0 Å². The molecule has 0 unspecified atom stereocenters.